The Bertz CT molecular complexity index is 730. The molecule has 7 heteroatoms. The van der Waals surface area contributed by atoms with Gasteiger partial charge in [-0.25, -0.2) is 0 Å². The summed E-state index contributed by atoms with van der Waals surface area (Å²) in [4.78, 5) is 30.6. The molecule has 2 heterocycles. The molecular formula is C19H24N4O3. The highest BCUT2D eigenvalue weighted by Gasteiger charge is 2.37. The number of benzene rings is 1. The zero-order valence-corrected chi connectivity index (χ0v) is 15.0. The Kier molecular flexibility index (Phi) is 5.55. The fourth-order valence-electron chi connectivity index (χ4n) is 3.83. The maximum Gasteiger partial charge on any atom is 0.309 e. The van der Waals surface area contributed by atoms with Gasteiger partial charge in [-0.1, -0.05) is 13.0 Å². The van der Waals surface area contributed by atoms with E-state index in [1.165, 1.54) is 0 Å². The molecule has 0 saturated carbocycles. The van der Waals surface area contributed by atoms with Crippen molar-refractivity contribution in [2.24, 2.45) is 5.92 Å². The van der Waals surface area contributed by atoms with Gasteiger partial charge in [-0.05, 0) is 24.7 Å². The van der Waals surface area contributed by atoms with Gasteiger partial charge in [-0.15, -0.1) is 0 Å². The Morgan fingerprint density at radius 3 is 2.73 bits per heavy atom. The van der Waals surface area contributed by atoms with E-state index in [-0.39, 0.29) is 11.9 Å². The standard InChI is InChI=1S/C19H24N4O3/c1-2-21-10-16(19(25)26)11-22-6-7-23(13-17(22)12-21)18(24)15-5-3-4-14(8-15)9-20/h3-5,8,16-17H,2,6-7,10-13H2,1H3,(H,25,26)/t16-,17+/m1/s1. The van der Waals surface area contributed by atoms with Crippen LogP contribution in [0.15, 0.2) is 24.3 Å². The summed E-state index contributed by atoms with van der Waals surface area (Å²) in [6.07, 6.45) is 0. The van der Waals surface area contributed by atoms with Gasteiger partial charge in [0.25, 0.3) is 5.91 Å². The first kappa shape index (κ1) is 18.4. The summed E-state index contributed by atoms with van der Waals surface area (Å²) in [6, 6.07) is 8.98. The quantitative estimate of drug-likeness (QED) is 0.859. The van der Waals surface area contributed by atoms with Crippen molar-refractivity contribution in [2.75, 3.05) is 45.8 Å². The molecule has 0 bridgehead atoms. The molecule has 0 spiro atoms. The van der Waals surface area contributed by atoms with Crippen molar-refractivity contribution in [2.45, 2.75) is 13.0 Å². The van der Waals surface area contributed by atoms with Crippen LogP contribution in [0.4, 0.5) is 0 Å². The van der Waals surface area contributed by atoms with Gasteiger partial charge in [0.1, 0.15) is 0 Å². The van der Waals surface area contributed by atoms with Crippen LogP contribution in [-0.2, 0) is 4.79 Å². The molecule has 0 aliphatic carbocycles. The van der Waals surface area contributed by atoms with E-state index >= 15 is 0 Å². The van der Waals surface area contributed by atoms with E-state index in [9.17, 15) is 14.7 Å². The van der Waals surface area contributed by atoms with Gasteiger partial charge in [0.05, 0.1) is 17.6 Å². The number of hydrogen-bond acceptors (Lipinski definition) is 5. The zero-order valence-electron chi connectivity index (χ0n) is 15.0. The van der Waals surface area contributed by atoms with Crippen molar-refractivity contribution in [3.05, 3.63) is 35.4 Å². The van der Waals surface area contributed by atoms with E-state index in [1.54, 1.807) is 24.3 Å². The minimum Gasteiger partial charge on any atom is -0.481 e. The minimum absolute atomic E-state index is 0.0659. The number of carbonyl (C=O) groups excluding carboxylic acids is 1. The van der Waals surface area contributed by atoms with Gasteiger partial charge in [0.2, 0.25) is 0 Å². The Morgan fingerprint density at radius 1 is 1.23 bits per heavy atom. The number of carbonyl (C=O) groups is 2. The Hall–Kier alpha value is -2.43. The van der Waals surface area contributed by atoms with E-state index in [0.717, 1.165) is 13.1 Å². The maximum absolute atomic E-state index is 12.8. The predicted octanol–water partition coefficient (Wildman–Crippen LogP) is 0.721. The molecule has 3 rings (SSSR count). The van der Waals surface area contributed by atoms with Crippen LogP contribution in [0.2, 0.25) is 0 Å². The van der Waals surface area contributed by atoms with Crippen LogP contribution >= 0.6 is 0 Å². The van der Waals surface area contributed by atoms with Gasteiger partial charge in [0, 0.05) is 50.9 Å². The van der Waals surface area contributed by atoms with Crippen LogP contribution in [0.5, 0.6) is 0 Å². The fourth-order valence-corrected chi connectivity index (χ4v) is 3.83. The molecule has 26 heavy (non-hydrogen) atoms. The zero-order chi connectivity index (χ0) is 18.7. The lowest BCUT2D eigenvalue weighted by atomic mass is 10.1. The molecule has 0 radical (unpaired) electrons. The van der Waals surface area contributed by atoms with Crippen LogP contribution in [-0.4, -0.2) is 83.5 Å². The molecule has 1 aromatic carbocycles. The Morgan fingerprint density at radius 2 is 2.04 bits per heavy atom. The first-order valence-electron chi connectivity index (χ1n) is 9.00. The van der Waals surface area contributed by atoms with Crippen molar-refractivity contribution >= 4 is 11.9 Å². The number of piperazine rings is 1. The molecule has 0 unspecified atom stereocenters. The highest BCUT2D eigenvalue weighted by atomic mass is 16.4. The molecule has 7 nitrogen and oxygen atoms in total. The molecule has 1 aromatic rings. The number of aliphatic carboxylic acids is 1. The molecule has 1 N–H and O–H groups in total. The van der Waals surface area contributed by atoms with Gasteiger partial charge in [-0.2, -0.15) is 5.26 Å². The second kappa shape index (κ2) is 7.85. The summed E-state index contributed by atoms with van der Waals surface area (Å²) in [5.41, 5.74) is 1.01. The van der Waals surface area contributed by atoms with Crippen LogP contribution in [0.25, 0.3) is 0 Å². The number of fused-ring (bicyclic) bond motifs is 1. The summed E-state index contributed by atoms with van der Waals surface area (Å²) < 4.78 is 0. The molecule has 138 valence electrons. The van der Waals surface area contributed by atoms with Crippen LogP contribution in [0, 0.1) is 17.2 Å². The molecule has 2 atom stereocenters. The molecule has 1 amide bonds. The summed E-state index contributed by atoms with van der Waals surface area (Å²) >= 11 is 0. The molecule has 0 aromatic heterocycles. The van der Waals surface area contributed by atoms with E-state index in [1.807, 2.05) is 11.8 Å². The number of hydrogen-bond donors (Lipinski definition) is 1. The summed E-state index contributed by atoms with van der Waals surface area (Å²) in [5.74, 6) is -1.21. The van der Waals surface area contributed by atoms with Crippen LogP contribution in [0.1, 0.15) is 22.8 Å². The van der Waals surface area contributed by atoms with E-state index < -0.39 is 11.9 Å². The maximum atomic E-state index is 12.8. The molecular weight excluding hydrogens is 332 g/mol. The highest BCUT2D eigenvalue weighted by Crippen LogP contribution is 2.20. The number of nitrogens with zero attached hydrogens (tertiary/aromatic N) is 4. The first-order chi connectivity index (χ1) is 12.5. The van der Waals surface area contributed by atoms with Crippen molar-refractivity contribution in [1.29, 1.82) is 5.26 Å². The Balaban J connectivity index is 1.74. The monoisotopic (exact) mass is 356 g/mol. The van der Waals surface area contributed by atoms with Gasteiger partial charge in [0.15, 0.2) is 0 Å². The number of rotatable bonds is 3. The van der Waals surface area contributed by atoms with Crippen molar-refractivity contribution in [3.8, 4) is 6.07 Å². The summed E-state index contributed by atoms with van der Waals surface area (Å²) in [7, 11) is 0. The third-order valence-electron chi connectivity index (χ3n) is 5.33. The topological polar surface area (TPSA) is 87.9 Å². The van der Waals surface area contributed by atoms with E-state index in [0.29, 0.717) is 43.9 Å². The number of likely N-dealkylation sites (N-methyl/N-ethyl adjacent to an activating group) is 1. The SMILES string of the molecule is CCN1C[C@@H](C(=O)O)CN2CCN(C(=O)c3cccc(C#N)c3)C[C@@H]2C1. The molecule has 2 aliphatic heterocycles. The highest BCUT2D eigenvalue weighted by molar-refractivity contribution is 5.94. The Labute approximate surface area is 153 Å². The number of nitriles is 1. The van der Waals surface area contributed by atoms with Crippen LogP contribution < -0.4 is 0 Å². The third kappa shape index (κ3) is 3.87. The molecule has 2 aliphatic rings. The molecule has 2 fully saturated rings. The number of carboxylic acids is 1. The predicted molar refractivity (Wildman–Crippen MR) is 95.7 cm³/mol. The summed E-state index contributed by atoms with van der Waals surface area (Å²) in [6.45, 7) is 6.51. The van der Waals surface area contributed by atoms with Crippen molar-refractivity contribution in [3.63, 3.8) is 0 Å². The average molecular weight is 356 g/mol. The first-order valence-corrected chi connectivity index (χ1v) is 9.00. The van der Waals surface area contributed by atoms with Gasteiger partial charge < -0.3 is 14.9 Å². The smallest absolute Gasteiger partial charge is 0.309 e. The van der Waals surface area contributed by atoms with E-state index in [2.05, 4.69) is 15.9 Å². The van der Waals surface area contributed by atoms with Crippen LogP contribution in [0.3, 0.4) is 0 Å². The average Bonchev–Trinajstić information content (AvgIpc) is 2.86. The van der Waals surface area contributed by atoms with Crippen molar-refractivity contribution < 1.29 is 14.7 Å². The summed E-state index contributed by atoms with van der Waals surface area (Å²) in [5, 5.41) is 18.5. The largest absolute Gasteiger partial charge is 0.481 e. The fraction of sp³-hybridized carbons (Fsp3) is 0.526. The number of amides is 1. The van der Waals surface area contributed by atoms with Gasteiger partial charge >= 0.3 is 5.97 Å². The lowest BCUT2D eigenvalue weighted by molar-refractivity contribution is -0.142. The normalized spacial score (nSPS) is 24.4. The third-order valence-corrected chi connectivity index (χ3v) is 5.33. The number of carboxylic acid groups (broad SMARTS) is 1. The van der Waals surface area contributed by atoms with Crippen molar-refractivity contribution in [1.82, 2.24) is 14.7 Å². The minimum atomic E-state index is -0.754. The lowest BCUT2D eigenvalue weighted by Gasteiger charge is -2.41. The molecule has 2 saturated heterocycles. The lowest BCUT2D eigenvalue weighted by Crippen LogP contribution is -2.57. The van der Waals surface area contributed by atoms with Gasteiger partial charge in [-0.3, -0.25) is 14.5 Å². The second-order valence-electron chi connectivity index (χ2n) is 6.98. The second-order valence-corrected chi connectivity index (χ2v) is 6.98. The van der Waals surface area contributed by atoms with E-state index in [4.69, 9.17) is 5.26 Å².